The zero-order chi connectivity index (χ0) is 22.4. The highest BCUT2D eigenvalue weighted by molar-refractivity contribution is 5.95. The second kappa shape index (κ2) is 9.59. The molecular formula is C23H31N5O3. The van der Waals surface area contributed by atoms with Crippen LogP contribution in [0.4, 0.5) is 26.7 Å². The van der Waals surface area contributed by atoms with Crippen LogP contribution in [0.5, 0.6) is 5.75 Å². The number of anilines is 3. The predicted octanol–water partition coefficient (Wildman–Crippen LogP) is 3.87. The number of carbonyl (C=O) groups is 2. The van der Waals surface area contributed by atoms with Gasteiger partial charge >= 0.3 is 12.1 Å². The van der Waals surface area contributed by atoms with Crippen molar-refractivity contribution in [2.75, 3.05) is 42.3 Å². The normalized spacial score (nSPS) is 14.6. The summed E-state index contributed by atoms with van der Waals surface area (Å²) in [6, 6.07) is 14.5. The first kappa shape index (κ1) is 22.3. The number of benzene rings is 2. The molecule has 0 radical (unpaired) electrons. The summed E-state index contributed by atoms with van der Waals surface area (Å²) < 4.78 is 5.29. The van der Waals surface area contributed by atoms with Crippen LogP contribution in [0.2, 0.25) is 0 Å². The minimum Gasteiger partial charge on any atom is -0.497 e. The van der Waals surface area contributed by atoms with Crippen molar-refractivity contribution >= 4 is 29.1 Å². The fourth-order valence-corrected chi connectivity index (χ4v) is 3.33. The van der Waals surface area contributed by atoms with Gasteiger partial charge < -0.3 is 26.0 Å². The molecule has 8 heteroatoms. The van der Waals surface area contributed by atoms with Gasteiger partial charge in [0.15, 0.2) is 0 Å². The van der Waals surface area contributed by atoms with Crippen LogP contribution in [0.15, 0.2) is 48.5 Å². The van der Waals surface area contributed by atoms with Crippen LogP contribution < -0.4 is 30.9 Å². The first-order chi connectivity index (χ1) is 14.8. The van der Waals surface area contributed by atoms with Gasteiger partial charge in [0.2, 0.25) is 0 Å². The molecule has 0 aliphatic carbocycles. The lowest BCUT2D eigenvalue weighted by atomic mass is 9.86. The molecule has 31 heavy (non-hydrogen) atoms. The Bertz CT molecular complexity index is 925. The predicted molar refractivity (Wildman–Crippen MR) is 124 cm³/mol. The maximum atomic E-state index is 12.5. The number of ether oxygens (including phenoxy) is 1. The highest BCUT2D eigenvalue weighted by atomic mass is 16.5. The monoisotopic (exact) mass is 425 g/mol. The highest BCUT2D eigenvalue weighted by Crippen LogP contribution is 2.25. The minimum absolute atomic E-state index is 0.00927. The Morgan fingerprint density at radius 1 is 1.16 bits per heavy atom. The van der Waals surface area contributed by atoms with Crippen LogP contribution in [-0.4, -0.2) is 44.8 Å². The Kier molecular flexibility index (Phi) is 6.89. The van der Waals surface area contributed by atoms with Gasteiger partial charge in [0.25, 0.3) is 0 Å². The molecule has 0 spiro atoms. The molecular weight excluding hydrogens is 394 g/mol. The van der Waals surface area contributed by atoms with Crippen LogP contribution >= 0.6 is 0 Å². The first-order valence-electron chi connectivity index (χ1n) is 10.4. The zero-order valence-corrected chi connectivity index (χ0v) is 18.5. The summed E-state index contributed by atoms with van der Waals surface area (Å²) in [5, 5.41) is 12.1. The van der Waals surface area contributed by atoms with E-state index in [9.17, 15) is 9.59 Å². The molecule has 1 aliphatic rings. The summed E-state index contributed by atoms with van der Waals surface area (Å²) in [6.07, 6.45) is 0. The Morgan fingerprint density at radius 3 is 2.58 bits per heavy atom. The molecule has 0 unspecified atom stereocenters. The summed E-state index contributed by atoms with van der Waals surface area (Å²) in [5.74, 6) is 0.773. The van der Waals surface area contributed by atoms with E-state index in [0.29, 0.717) is 25.3 Å². The fourth-order valence-electron chi connectivity index (χ4n) is 3.33. The van der Waals surface area contributed by atoms with E-state index in [-0.39, 0.29) is 23.5 Å². The van der Waals surface area contributed by atoms with Gasteiger partial charge in [-0.2, -0.15) is 0 Å². The van der Waals surface area contributed by atoms with Gasteiger partial charge in [-0.3, -0.25) is 4.90 Å². The number of methoxy groups -OCH3 is 1. The largest absolute Gasteiger partial charge is 0.497 e. The number of rotatable bonds is 7. The molecule has 4 N–H and O–H groups in total. The number of amides is 4. The second-order valence-electron chi connectivity index (χ2n) is 8.56. The molecule has 0 aromatic heterocycles. The van der Waals surface area contributed by atoms with Gasteiger partial charge in [0.1, 0.15) is 5.75 Å². The lowest BCUT2D eigenvalue weighted by molar-refractivity contribution is 0.248. The molecule has 0 bridgehead atoms. The Morgan fingerprint density at radius 2 is 1.90 bits per heavy atom. The summed E-state index contributed by atoms with van der Waals surface area (Å²) in [4.78, 5) is 26.1. The van der Waals surface area contributed by atoms with E-state index >= 15 is 0 Å². The maximum Gasteiger partial charge on any atom is 0.321 e. The lowest BCUT2D eigenvalue weighted by Gasteiger charge is -2.32. The second-order valence-corrected chi connectivity index (χ2v) is 8.56. The molecule has 4 amide bonds. The third-order valence-corrected chi connectivity index (χ3v) is 5.20. The number of urea groups is 2. The van der Waals surface area contributed by atoms with Gasteiger partial charge in [0, 0.05) is 48.8 Å². The fraction of sp³-hybridized carbons (Fsp3) is 0.391. The van der Waals surface area contributed by atoms with Crippen LogP contribution in [-0.2, 0) is 0 Å². The minimum atomic E-state index is -0.301. The number of hydrogen-bond donors (Lipinski definition) is 4. The average Bonchev–Trinajstić information content (AvgIpc) is 3.16. The summed E-state index contributed by atoms with van der Waals surface area (Å²) in [7, 11) is 1.64. The van der Waals surface area contributed by atoms with E-state index in [1.165, 1.54) is 0 Å². The van der Waals surface area contributed by atoms with Crippen molar-refractivity contribution in [3.05, 3.63) is 48.5 Å². The number of hydrogen-bond acceptors (Lipinski definition) is 4. The summed E-state index contributed by atoms with van der Waals surface area (Å²) in [5.41, 5.74) is 2.21. The van der Waals surface area contributed by atoms with Crippen LogP contribution in [0.1, 0.15) is 20.8 Å². The van der Waals surface area contributed by atoms with E-state index in [4.69, 9.17) is 4.74 Å². The van der Waals surface area contributed by atoms with Crippen molar-refractivity contribution in [2.45, 2.75) is 26.8 Å². The van der Waals surface area contributed by atoms with Crippen molar-refractivity contribution in [3.63, 3.8) is 0 Å². The van der Waals surface area contributed by atoms with Gasteiger partial charge in [0.05, 0.1) is 7.11 Å². The number of nitrogens with one attached hydrogen (secondary N) is 4. The molecule has 1 aliphatic heterocycles. The molecule has 3 rings (SSSR count). The van der Waals surface area contributed by atoms with E-state index in [1.54, 1.807) is 24.1 Å². The van der Waals surface area contributed by atoms with E-state index in [1.807, 2.05) is 36.4 Å². The van der Waals surface area contributed by atoms with E-state index in [0.717, 1.165) is 17.1 Å². The summed E-state index contributed by atoms with van der Waals surface area (Å²) >= 11 is 0. The molecule has 1 atom stereocenters. The van der Waals surface area contributed by atoms with Crippen molar-refractivity contribution < 1.29 is 14.3 Å². The molecule has 166 valence electrons. The molecule has 1 heterocycles. The Labute approximate surface area is 183 Å². The number of carbonyl (C=O) groups excluding carboxylic acids is 2. The van der Waals surface area contributed by atoms with Gasteiger partial charge in [-0.05, 0) is 35.7 Å². The van der Waals surface area contributed by atoms with Gasteiger partial charge in [-0.1, -0.05) is 32.9 Å². The van der Waals surface area contributed by atoms with Gasteiger partial charge in [-0.15, -0.1) is 0 Å². The number of nitrogens with zero attached hydrogens (tertiary/aromatic N) is 1. The quantitative estimate of drug-likeness (QED) is 0.542. The summed E-state index contributed by atoms with van der Waals surface area (Å²) in [6.45, 7) is 8.02. The van der Waals surface area contributed by atoms with E-state index in [2.05, 4.69) is 42.0 Å². The van der Waals surface area contributed by atoms with E-state index < -0.39 is 0 Å². The molecule has 2 aromatic rings. The standard InChI is InChI=1S/C23H31N5O3/c1-23(2,3)20(26-17-8-6-10-19(14-17)31-4)15-25-21(29)27-16-7-5-9-18(13-16)28-12-11-24-22(28)30/h5-10,13-14,20,26H,11-12,15H2,1-4H3,(H,24,30)(H2,25,27,29)/t20-/m1/s1. The molecule has 8 nitrogen and oxygen atoms in total. The topological polar surface area (TPSA) is 94.7 Å². The SMILES string of the molecule is COc1cccc(N[C@H](CNC(=O)Nc2cccc(N3CCNC3=O)c2)C(C)(C)C)c1. The Hall–Kier alpha value is -3.42. The third-order valence-electron chi connectivity index (χ3n) is 5.20. The molecule has 2 aromatic carbocycles. The smallest absolute Gasteiger partial charge is 0.321 e. The third kappa shape index (κ3) is 6.04. The van der Waals surface area contributed by atoms with Crippen molar-refractivity contribution in [3.8, 4) is 5.75 Å². The van der Waals surface area contributed by atoms with Crippen molar-refractivity contribution in [1.29, 1.82) is 0 Å². The Balaban J connectivity index is 1.60. The first-order valence-corrected chi connectivity index (χ1v) is 10.4. The van der Waals surface area contributed by atoms with Gasteiger partial charge in [-0.25, -0.2) is 9.59 Å². The molecule has 0 saturated carbocycles. The highest BCUT2D eigenvalue weighted by Gasteiger charge is 2.25. The lowest BCUT2D eigenvalue weighted by Crippen LogP contribution is -2.45. The molecule has 1 fully saturated rings. The maximum absolute atomic E-state index is 12.5. The van der Waals surface area contributed by atoms with Crippen molar-refractivity contribution in [2.24, 2.45) is 5.41 Å². The zero-order valence-electron chi connectivity index (χ0n) is 18.5. The van der Waals surface area contributed by atoms with Crippen molar-refractivity contribution in [1.82, 2.24) is 10.6 Å². The van der Waals surface area contributed by atoms with Crippen LogP contribution in [0.25, 0.3) is 0 Å². The molecule has 1 saturated heterocycles. The van der Waals surface area contributed by atoms with Crippen LogP contribution in [0.3, 0.4) is 0 Å². The van der Waals surface area contributed by atoms with Crippen LogP contribution in [0, 0.1) is 5.41 Å². The average molecular weight is 426 g/mol.